The van der Waals surface area contributed by atoms with E-state index in [0.29, 0.717) is 5.75 Å². The molecule has 0 bridgehead atoms. The SMILES string of the molecule is C/C=C\C1=C(C(=O)OC(c2ccccc2)c2ccccc2)N2C(=O)[C@@H](NC(=O)Cc3cccs3)[C@H]2SC1. The van der Waals surface area contributed by atoms with E-state index in [2.05, 4.69) is 5.32 Å². The molecule has 2 atom stereocenters. The largest absolute Gasteiger partial charge is 0.448 e. The summed E-state index contributed by atoms with van der Waals surface area (Å²) in [5.74, 6) is -0.543. The fourth-order valence-corrected chi connectivity index (χ4v) is 6.53. The summed E-state index contributed by atoms with van der Waals surface area (Å²) in [5.41, 5.74) is 2.65. The summed E-state index contributed by atoms with van der Waals surface area (Å²) >= 11 is 3.03. The van der Waals surface area contributed by atoms with Crippen molar-refractivity contribution in [1.82, 2.24) is 10.2 Å². The lowest BCUT2D eigenvalue weighted by Crippen LogP contribution is -2.70. The number of nitrogens with zero attached hydrogens (tertiary/aromatic N) is 1. The molecule has 1 saturated heterocycles. The Hall–Kier alpha value is -3.62. The first kappa shape index (κ1) is 25.0. The zero-order valence-electron chi connectivity index (χ0n) is 20.2. The number of nitrogens with one attached hydrogen (secondary N) is 1. The highest BCUT2D eigenvalue weighted by atomic mass is 32.2. The summed E-state index contributed by atoms with van der Waals surface area (Å²) in [5, 5.41) is 4.42. The van der Waals surface area contributed by atoms with Gasteiger partial charge in [0.2, 0.25) is 5.91 Å². The molecule has 188 valence electrons. The van der Waals surface area contributed by atoms with E-state index in [1.807, 2.05) is 97.3 Å². The summed E-state index contributed by atoms with van der Waals surface area (Å²) in [7, 11) is 0. The number of rotatable bonds is 8. The maximum absolute atomic E-state index is 13.7. The molecule has 8 heteroatoms. The Morgan fingerprint density at radius 3 is 2.32 bits per heavy atom. The van der Waals surface area contributed by atoms with Gasteiger partial charge < -0.3 is 10.1 Å². The number of fused-ring (bicyclic) bond motifs is 1. The van der Waals surface area contributed by atoms with Crippen molar-refractivity contribution in [2.45, 2.75) is 30.9 Å². The van der Waals surface area contributed by atoms with Gasteiger partial charge in [-0.2, -0.15) is 0 Å². The van der Waals surface area contributed by atoms with Crippen LogP contribution in [0.2, 0.25) is 0 Å². The Labute approximate surface area is 224 Å². The van der Waals surface area contributed by atoms with Crippen LogP contribution in [0.25, 0.3) is 0 Å². The van der Waals surface area contributed by atoms with Gasteiger partial charge >= 0.3 is 5.97 Å². The van der Waals surface area contributed by atoms with Crippen LogP contribution in [0.5, 0.6) is 0 Å². The lowest BCUT2D eigenvalue weighted by Gasteiger charge is -2.49. The minimum absolute atomic E-state index is 0.207. The van der Waals surface area contributed by atoms with Gasteiger partial charge in [-0.3, -0.25) is 14.5 Å². The maximum atomic E-state index is 13.7. The average Bonchev–Trinajstić information content (AvgIpc) is 3.44. The van der Waals surface area contributed by atoms with Crippen LogP contribution in [0.15, 0.2) is 102 Å². The molecule has 3 aromatic rings. The molecule has 0 radical (unpaired) electrons. The molecular weight excluding hydrogens is 504 g/mol. The predicted octanol–water partition coefficient (Wildman–Crippen LogP) is 4.85. The molecule has 5 rings (SSSR count). The number of thiophene rings is 1. The molecule has 0 spiro atoms. The fraction of sp³-hybridized carbons (Fsp3) is 0.207. The van der Waals surface area contributed by atoms with E-state index >= 15 is 0 Å². The summed E-state index contributed by atoms with van der Waals surface area (Å²) < 4.78 is 6.11. The van der Waals surface area contributed by atoms with Crippen LogP contribution in [0.3, 0.4) is 0 Å². The number of esters is 1. The fourth-order valence-electron chi connectivity index (χ4n) is 4.50. The third kappa shape index (κ3) is 5.26. The van der Waals surface area contributed by atoms with Crippen LogP contribution >= 0.6 is 23.1 Å². The maximum Gasteiger partial charge on any atom is 0.356 e. The van der Waals surface area contributed by atoms with E-state index < -0.39 is 18.1 Å². The van der Waals surface area contributed by atoms with Gasteiger partial charge in [-0.05, 0) is 35.1 Å². The first-order valence-corrected chi connectivity index (χ1v) is 13.9. The normalized spacial score (nSPS) is 19.1. The zero-order valence-corrected chi connectivity index (χ0v) is 21.8. The zero-order chi connectivity index (χ0) is 25.8. The number of β-lactam (4-membered cyclic amide) rings is 1. The third-order valence-electron chi connectivity index (χ3n) is 6.22. The number of ether oxygens (including phenoxy) is 1. The first-order valence-electron chi connectivity index (χ1n) is 12.0. The van der Waals surface area contributed by atoms with Gasteiger partial charge in [0, 0.05) is 10.6 Å². The number of carbonyl (C=O) groups is 3. The molecular formula is C29H26N2O4S2. The molecule has 2 aliphatic heterocycles. The molecule has 1 fully saturated rings. The highest BCUT2D eigenvalue weighted by molar-refractivity contribution is 8.00. The number of hydrogen-bond acceptors (Lipinski definition) is 6. The smallest absolute Gasteiger partial charge is 0.356 e. The molecule has 1 N–H and O–H groups in total. The number of amides is 2. The number of thioether (sulfide) groups is 1. The van der Waals surface area contributed by atoms with Crippen LogP contribution in [-0.2, 0) is 25.5 Å². The molecule has 37 heavy (non-hydrogen) atoms. The van der Waals surface area contributed by atoms with Gasteiger partial charge in [-0.25, -0.2) is 4.79 Å². The second-order valence-corrected chi connectivity index (χ2v) is 10.8. The van der Waals surface area contributed by atoms with Crippen molar-refractivity contribution in [2.24, 2.45) is 0 Å². The van der Waals surface area contributed by atoms with Gasteiger partial charge in [-0.1, -0.05) is 78.9 Å². The lowest BCUT2D eigenvalue weighted by molar-refractivity contribution is -0.154. The Morgan fingerprint density at radius 1 is 1.05 bits per heavy atom. The van der Waals surface area contributed by atoms with Gasteiger partial charge in [-0.15, -0.1) is 23.1 Å². The van der Waals surface area contributed by atoms with Crippen LogP contribution in [0.1, 0.15) is 29.0 Å². The highest BCUT2D eigenvalue weighted by Gasteiger charge is 2.54. The molecule has 1 aromatic heterocycles. The Morgan fingerprint density at radius 2 is 1.73 bits per heavy atom. The Bertz CT molecular complexity index is 1300. The van der Waals surface area contributed by atoms with Gasteiger partial charge in [0.05, 0.1) is 6.42 Å². The highest BCUT2D eigenvalue weighted by Crippen LogP contribution is 2.42. The standard InChI is InChI=1S/C29H26N2O4S2/c1-2-10-21-18-37-28-24(30-23(32)17-22-15-9-16-36-22)27(33)31(28)25(21)29(34)35-26(19-11-5-3-6-12-19)20-13-7-4-8-14-20/h2-16,24,26,28H,17-18H2,1H3,(H,30,32)/b10-2-/t24-,28-/m1/s1. The van der Waals surface area contributed by atoms with Crippen molar-refractivity contribution in [3.8, 4) is 0 Å². The average molecular weight is 531 g/mol. The predicted molar refractivity (Wildman–Crippen MR) is 146 cm³/mol. The van der Waals surface area contributed by atoms with Crippen LogP contribution < -0.4 is 5.32 Å². The molecule has 3 heterocycles. The van der Waals surface area contributed by atoms with Crippen molar-refractivity contribution in [1.29, 1.82) is 0 Å². The molecule has 0 saturated carbocycles. The Balaban J connectivity index is 1.38. The van der Waals surface area contributed by atoms with E-state index in [9.17, 15) is 14.4 Å². The van der Waals surface area contributed by atoms with Crippen LogP contribution in [0, 0.1) is 0 Å². The van der Waals surface area contributed by atoms with Crippen molar-refractivity contribution in [2.75, 3.05) is 5.75 Å². The Kier molecular flexibility index (Phi) is 7.58. The summed E-state index contributed by atoms with van der Waals surface area (Å²) in [6.07, 6.45) is 3.29. The van der Waals surface area contributed by atoms with Gasteiger partial charge in [0.25, 0.3) is 5.91 Å². The van der Waals surface area contributed by atoms with E-state index in [1.165, 1.54) is 28.0 Å². The summed E-state index contributed by atoms with van der Waals surface area (Å²) in [6.45, 7) is 1.87. The molecule has 2 amide bonds. The second kappa shape index (κ2) is 11.2. The van der Waals surface area contributed by atoms with E-state index in [4.69, 9.17) is 4.74 Å². The summed E-state index contributed by atoms with van der Waals surface area (Å²) in [4.78, 5) is 42.0. The third-order valence-corrected chi connectivity index (χ3v) is 8.40. The minimum Gasteiger partial charge on any atom is -0.448 e. The number of allylic oxidation sites excluding steroid dienone is 2. The summed E-state index contributed by atoms with van der Waals surface area (Å²) in [6, 6.07) is 22.2. The van der Waals surface area contributed by atoms with Crippen LogP contribution in [-0.4, -0.2) is 39.9 Å². The minimum atomic E-state index is -0.675. The van der Waals surface area contributed by atoms with E-state index in [1.54, 1.807) is 0 Å². The van der Waals surface area contributed by atoms with Crippen molar-refractivity contribution < 1.29 is 19.1 Å². The van der Waals surface area contributed by atoms with Crippen molar-refractivity contribution in [3.63, 3.8) is 0 Å². The van der Waals surface area contributed by atoms with Crippen LogP contribution in [0.4, 0.5) is 0 Å². The van der Waals surface area contributed by atoms with Crippen molar-refractivity contribution >= 4 is 40.9 Å². The molecule has 2 aliphatic rings. The lowest BCUT2D eigenvalue weighted by atomic mass is 10.0. The van der Waals surface area contributed by atoms with Gasteiger partial charge in [0.1, 0.15) is 17.1 Å². The number of benzene rings is 2. The van der Waals surface area contributed by atoms with E-state index in [-0.39, 0.29) is 29.3 Å². The monoisotopic (exact) mass is 530 g/mol. The molecule has 0 aliphatic carbocycles. The molecule has 2 aromatic carbocycles. The number of hydrogen-bond donors (Lipinski definition) is 1. The van der Waals surface area contributed by atoms with Gasteiger partial charge in [0.15, 0.2) is 6.10 Å². The molecule has 6 nitrogen and oxygen atoms in total. The second-order valence-electron chi connectivity index (χ2n) is 8.69. The topological polar surface area (TPSA) is 75.7 Å². The van der Waals surface area contributed by atoms with E-state index in [0.717, 1.165) is 21.6 Å². The van der Waals surface area contributed by atoms with Crippen molar-refractivity contribution in [3.05, 3.63) is 118 Å². The quantitative estimate of drug-likeness (QED) is 0.333. The number of carbonyl (C=O) groups excluding carboxylic acids is 3. The first-order chi connectivity index (χ1) is 18.1. The molecule has 0 unspecified atom stereocenters.